The molecule has 0 atom stereocenters. The SMILES string of the molecule is CNc1ncnc2c1N=C(c1ccc(C3CCC(CN4CCCC4)CC3)cc1)C(C)(C)O2. The van der Waals surface area contributed by atoms with Gasteiger partial charge in [0.05, 0.1) is 5.71 Å². The Kier molecular flexibility index (Phi) is 5.89. The maximum atomic E-state index is 6.22. The van der Waals surface area contributed by atoms with Gasteiger partial charge in [0.25, 0.3) is 0 Å². The van der Waals surface area contributed by atoms with E-state index in [-0.39, 0.29) is 0 Å². The first-order valence-electron chi connectivity index (χ1n) is 12.2. The number of aromatic nitrogens is 2. The third kappa shape index (κ3) is 4.25. The predicted molar refractivity (Wildman–Crippen MR) is 129 cm³/mol. The van der Waals surface area contributed by atoms with Crippen molar-refractivity contribution in [2.75, 3.05) is 32.0 Å². The minimum Gasteiger partial charge on any atom is -0.463 e. The lowest BCUT2D eigenvalue weighted by atomic mass is 9.78. The summed E-state index contributed by atoms with van der Waals surface area (Å²) < 4.78 is 6.22. The molecule has 0 spiro atoms. The highest BCUT2D eigenvalue weighted by Crippen LogP contribution is 2.41. The van der Waals surface area contributed by atoms with Crippen molar-refractivity contribution in [3.05, 3.63) is 41.7 Å². The minimum absolute atomic E-state index is 0.528. The van der Waals surface area contributed by atoms with Crippen LogP contribution in [0.4, 0.5) is 11.5 Å². The lowest BCUT2D eigenvalue weighted by Crippen LogP contribution is -2.41. The van der Waals surface area contributed by atoms with Crippen LogP contribution >= 0.6 is 0 Å². The van der Waals surface area contributed by atoms with E-state index in [1.54, 1.807) is 0 Å². The Morgan fingerprint density at radius 3 is 2.44 bits per heavy atom. The largest absolute Gasteiger partial charge is 0.463 e. The molecule has 0 bridgehead atoms. The Balaban J connectivity index is 1.30. The topological polar surface area (TPSA) is 62.6 Å². The molecule has 5 rings (SSSR count). The number of nitrogens with one attached hydrogen (secondary N) is 1. The van der Waals surface area contributed by atoms with Gasteiger partial charge in [0.1, 0.15) is 11.9 Å². The molecule has 2 aromatic rings. The second-order valence-corrected chi connectivity index (χ2v) is 10.0. The molecule has 1 aliphatic carbocycles. The van der Waals surface area contributed by atoms with Crippen molar-refractivity contribution in [3.63, 3.8) is 0 Å². The third-order valence-electron chi connectivity index (χ3n) is 7.39. The molecule has 0 radical (unpaired) electrons. The second kappa shape index (κ2) is 8.81. The zero-order valence-corrected chi connectivity index (χ0v) is 19.6. The Morgan fingerprint density at radius 1 is 1.03 bits per heavy atom. The van der Waals surface area contributed by atoms with Crippen LogP contribution in [-0.2, 0) is 0 Å². The quantitative estimate of drug-likeness (QED) is 0.704. The fraction of sp³-hybridized carbons (Fsp3) is 0.577. The van der Waals surface area contributed by atoms with E-state index in [2.05, 4.69) is 44.5 Å². The summed E-state index contributed by atoms with van der Waals surface area (Å²) in [6.07, 6.45) is 9.64. The normalized spacial score (nSPS) is 25.0. The summed E-state index contributed by atoms with van der Waals surface area (Å²) in [6.45, 7) is 8.05. The Bertz CT molecular complexity index is 970. The summed E-state index contributed by atoms with van der Waals surface area (Å²) in [6, 6.07) is 9.03. The van der Waals surface area contributed by atoms with Crippen LogP contribution < -0.4 is 10.1 Å². The molecule has 0 amide bonds. The van der Waals surface area contributed by atoms with Crippen LogP contribution in [0, 0.1) is 5.92 Å². The molecule has 3 aliphatic rings. The van der Waals surface area contributed by atoms with Gasteiger partial charge >= 0.3 is 0 Å². The first-order valence-corrected chi connectivity index (χ1v) is 12.2. The number of fused-ring (bicyclic) bond motifs is 1. The first-order chi connectivity index (χ1) is 15.5. The molecular weight excluding hydrogens is 398 g/mol. The van der Waals surface area contributed by atoms with Crippen LogP contribution in [0.15, 0.2) is 35.6 Å². The average molecular weight is 434 g/mol. The second-order valence-electron chi connectivity index (χ2n) is 10.0. The summed E-state index contributed by atoms with van der Waals surface area (Å²) >= 11 is 0. The van der Waals surface area contributed by atoms with Crippen molar-refractivity contribution in [2.24, 2.45) is 10.9 Å². The molecular formula is C26H35N5O. The maximum absolute atomic E-state index is 6.22. The zero-order valence-electron chi connectivity index (χ0n) is 19.6. The Hall–Kier alpha value is -2.47. The highest BCUT2D eigenvalue weighted by Gasteiger charge is 2.35. The number of aliphatic imine (C=N–C) groups is 1. The fourth-order valence-corrected chi connectivity index (χ4v) is 5.59. The molecule has 32 heavy (non-hydrogen) atoms. The lowest BCUT2D eigenvalue weighted by molar-refractivity contribution is 0.171. The van der Waals surface area contributed by atoms with Gasteiger partial charge < -0.3 is 15.0 Å². The van der Waals surface area contributed by atoms with Crippen molar-refractivity contribution < 1.29 is 4.74 Å². The van der Waals surface area contributed by atoms with Gasteiger partial charge in [0.15, 0.2) is 11.5 Å². The van der Waals surface area contributed by atoms with Crippen molar-refractivity contribution in [2.45, 2.75) is 63.9 Å². The van der Waals surface area contributed by atoms with Crippen LogP contribution in [0.5, 0.6) is 5.88 Å². The smallest absolute Gasteiger partial charge is 0.246 e. The lowest BCUT2D eigenvalue weighted by Gasteiger charge is -2.33. The highest BCUT2D eigenvalue weighted by atomic mass is 16.5. The number of benzene rings is 1. The number of hydrogen-bond donors (Lipinski definition) is 1. The summed E-state index contributed by atoms with van der Waals surface area (Å²) in [7, 11) is 1.84. The number of rotatable bonds is 5. The van der Waals surface area contributed by atoms with E-state index in [9.17, 15) is 0 Å². The standard InChI is InChI=1S/C26H35N5O/c1-26(2)23(30-22-24(27-3)28-17-29-25(22)32-26)21-12-10-20(11-13-21)19-8-6-18(7-9-19)16-31-14-4-5-15-31/h10-13,17-19H,4-9,14-16H2,1-3H3,(H,27,28,29). The third-order valence-corrected chi connectivity index (χ3v) is 7.39. The average Bonchev–Trinajstić information content (AvgIpc) is 3.31. The van der Waals surface area contributed by atoms with E-state index < -0.39 is 5.60 Å². The van der Waals surface area contributed by atoms with E-state index in [4.69, 9.17) is 9.73 Å². The molecule has 170 valence electrons. The maximum Gasteiger partial charge on any atom is 0.246 e. The molecule has 1 saturated carbocycles. The van der Waals surface area contributed by atoms with Crippen molar-refractivity contribution in [1.82, 2.24) is 14.9 Å². The fourth-order valence-electron chi connectivity index (χ4n) is 5.59. The molecule has 6 heteroatoms. The summed E-state index contributed by atoms with van der Waals surface area (Å²) in [5.41, 5.74) is 3.59. The Morgan fingerprint density at radius 2 is 1.75 bits per heavy atom. The number of anilines is 1. The van der Waals surface area contributed by atoms with Crippen molar-refractivity contribution >= 4 is 17.2 Å². The molecule has 1 aromatic heterocycles. The molecule has 1 saturated heterocycles. The monoisotopic (exact) mass is 433 g/mol. The van der Waals surface area contributed by atoms with E-state index in [0.29, 0.717) is 23.3 Å². The van der Waals surface area contributed by atoms with Gasteiger partial charge in [-0.25, -0.2) is 9.98 Å². The van der Waals surface area contributed by atoms with E-state index >= 15 is 0 Å². The van der Waals surface area contributed by atoms with Crippen LogP contribution in [0.2, 0.25) is 0 Å². The molecule has 6 nitrogen and oxygen atoms in total. The molecule has 1 aromatic carbocycles. The molecule has 0 unspecified atom stereocenters. The number of nitrogens with zero attached hydrogens (tertiary/aromatic N) is 4. The van der Waals surface area contributed by atoms with Gasteiger partial charge in [-0.05, 0) is 82.9 Å². The molecule has 2 fully saturated rings. The predicted octanol–water partition coefficient (Wildman–Crippen LogP) is 5.18. The molecule has 2 aliphatic heterocycles. The van der Waals surface area contributed by atoms with Crippen LogP contribution in [0.3, 0.4) is 0 Å². The number of ether oxygens (including phenoxy) is 1. The Labute approximate surface area is 191 Å². The van der Waals surface area contributed by atoms with Gasteiger partial charge in [0, 0.05) is 19.2 Å². The van der Waals surface area contributed by atoms with Crippen molar-refractivity contribution in [3.8, 4) is 5.88 Å². The van der Waals surface area contributed by atoms with E-state index in [1.807, 2.05) is 20.9 Å². The van der Waals surface area contributed by atoms with Gasteiger partial charge in [-0.15, -0.1) is 0 Å². The highest BCUT2D eigenvalue weighted by molar-refractivity contribution is 6.09. The first kappa shape index (κ1) is 21.4. The van der Waals surface area contributed by atoms with Gasteiger partial charge in [-0.2, -0.15) is 4.98 Å². The number of hydrogen-bond acceptors (Lipinski definition) is 6. The summed E-state index contributed by atoms with van der Waals surface area (Å²) in [5, 5.41) is 3.09. The molecule has 3 heterocycles. The minimum atomic E-state index is -0.554. The van der Waals surface area contributed by atoms with Gasteiger partial charge in [-0.1, -0.05) is 24.3 Å². The zero-order chi connectivity index (χ0) is 22.1. The van der Waals surface area contributed by atoms with Gasteiger partial charge in [0.2, 0.25) is 5.88 Å². The number of likely N-dealkylation sites (tertiary alicyclic amines) is 1. The van der Waals surface area contributed by atoms with Gasteiger partial charge in [-0.3, -0.25) is 0 Å². The van der Waals surface area contributed by atoms with Crippen LogP contribution in [0.25, 0.3) is 0 Å². The van der Waals surface area contributed by atoms with E-state index in [0.717, 1.165) is 17.2 Å². The summed E-state index contributed by atoms with van der Waals surface area (Å²) in [4.78, 5) is 16.2. The van der Waals surface area contributed by atoms with Crippen LogP contribution in [0.1, 0.15) is 69.4 Å². The van der Waals surface area contributed by atoms with Crippen LogP contribution in [-0.4, -0.2) is 52.9 Å². The summed E-state index contributed by atoms with van der Waals surface area (Å²) in [5.74, 6) is 2.79. The van der Waals surface area contributed by atoms with E-state index in [1.165, 1.54) is 70.0 Å². The molecule has 1 N–H and O–H groups in total. The van der Waals surface area contributed by atoms with Crippen molar-refractivity contribution in [1.29, 1.82) is 0 Å².